The molecule has 8 heteroatoms. The number of hydrogen-bond acceptors (Lipinski definition) is 4. The van der Waals surface area contributed by atoms with Crippen LogP contribution >= 0.6 is 11.6 Å². The van der Waals surface area contributed by atoms with Crippen LogP contribution < -0.4 is 10.5 Å². The second-order valence-corrected chi connectivity index (χ2v) is 6.22. The molecule has 0 fully saturated rings. The Morgan fingerprint density at radius 2 is 1.95 bits per heavy atom. The molecule has 0 atom stereocenters. The normalized spacial score (nSPS) is 10.9. The summed E-state index contributed by atoms with van der Waals surface area (Å²) >= 11 is 5.82. The van der Waals surface area contributed by atoms with Crippen molar-refractivity contribution in [2.45, 2.75) is 4.90 Å². The molecule has 5 nitrogen and oxygen atoms in total. The lowest BCUT2D eigenvalue weighted by Gasteiger charge is -2.09. The minimum absolute atomic E-state index is 0.00626. The van der Waals surface area contributed by atoms with E-state index in [1.165, 1.54) is 18.2 Å². The van der Waals surface area contributed by atoms with Crippen LogP contribution in [0.15, 0.2) is 41.3 Å². The van der Waals surface area contributed by atoms with Gasteiger partial charge in [-0.05, 0) is 36.4 Å². The maximum atomic E-state index is 13.2. The van der Waals surface area contributed by atoms with E-state index in [9.17, 15) is 12.8 Å². The number of hydrogen-bond donors (Lipinski definition) is 2. The van der Waals surface area contributed by atoms with Gasteiger partial charge in [0.25, 0.3) is 10.0 Å². The number of sulfonamides is 1. The first-order chi connectivity index (χ1) is 9.81. The van der Waals surface area contributed by atoms with Gasteiger partial charge in [-0.25, -0.2) is 12.8 Å². The summed E-state index contributed by atoms with van der Waals surface area (Å²) in [7, 11) is -4.01. The fourth-order valence-corrected chi connectivity index (χ4v) is 2.96. The number of rotatable bonds is 3. The third kappa shape index (κ3) is 3.42. The molecule has 0 aromatic heterocycles. The molecule has 3 N–H and O–H groups in total. The molecule has 2 rings (SSSR count). The first kappa shape index (κ1) is 15.1. The third-order valence-corrected chi connectivity index (χ3v) is 4.22. The van der Waals surface area contributed by atoms with Crippen molar-refractivity contribution in [3.8, 4) is 6.07 Å². The Labute approximate surface area is 125 Å². The maximum absolute atomic E-state index is 13.2. The molecule has 21 heavy (non-hydrogen) atoms. The smallest absolute Gasteiger partial charge is 0.262 e. The molecule has 0 aliphatic rings. The molecular weight excluding hydrogens is 317 g/mol. The summed E-state index contributed by atoms with van der Waals surface area (Å²) in [6.07, 6.45) is 0. The van der Waals surface area contributed by atoms with Crippen LogP contribution in [0.4, 0.5) is 15.8 Å². The predicted octanol–water partition coefficient (Wildman–Crippen LogP) is 2.73. The standard InChI is InChI=1S/C13H9ClFN3O2S/c14-13-6-11(2-1-8(13)7-16)18-21(19,20)12-4-9(15)3-10(17)5-12/h1-6,18H,17H2. The van der Waals surface area contributed by atoms with E-state index in [-0.39, 0.29) is 26.9 Å². The average Bonchev–Trinajstić information content (AvgIpc) is 2.37. The van der Waals surface area contributed by atoms with Crippen LogP contribution in [-0.2, 0) is 10.0 Å². The highest BCUT2D eigenvalue weighted by atomic mass is 35.5. The Balaban J connectivity index is 2.38. The van der Waals surface area contributed by atoms with E-state index in [1.54, 1.807) is 0 Å². The number of benzene rings is 2. The Bertz CT molecular complexity index is 827. The molecule has 0 aliphatic heterocycles. The number of nitrogen functional groups attached to an aromatic ring is 1. The predicted molar refractivity (Wildman–Crippen MR) is 77.8 cm³/mol. The number of anilines is 2. The fourth-order valence-electron chi connectivity index (χ4n) is 1.62. The van der Waals surface area contributed by atoms with Gasteiger partial charge in [0.05, 0.1) is 21.2 Å². The minimum Gasteiger partial charge on any atom is -0.399 e. The molecule has 0 heterocycles. The van der Waals surface area contributed by atoms with Gasteiger partial charge in [-0.1, -0.05) is 11.6 Å². The van der Waals surface area contributed by atoms with Crippen molar-refractivity contribution < 1.29 is 12.8 Å². The second-order valence-electron chi connectivity index (χ2n) is 4.13. The average molecular weight is 326 g/mol. The second kappa shape index (κ2) is 5.60. The minimum atomic E-state index is -4.01. The van der Waals surface area contributed by atoms with Crippen LogP contribution in [-0.4, -0.2) is 8.42 Å². The highest BCUT2D eigenvalue weighted by Gasteiger charge is 2.16. The van der Waals surface area contributed by atoms with E-state index in [2.05, 4.69) is 4.72 Å². The van der Waals surface area contributed by atoms with Gasteiger partial charge in [0.15, 0.2) is 0 Å². The topological polar surface area (TPSA) is 96.0 Å². The first-order valence-electron chi connectivity index (χ1n) is 5.60. The Morgan fingerprint density at radius 1 is 1.24 bits per heavy atom. The molecule has 108 valence electrons. The van der Waals surface area contributed by atoms with E-state index < -0.39 is 15.8 Å². The number of nitrogens with zero attached hydrogens (tertiary/aromatic N) is 1. The van der Waals surface area contributed by atoms with Gasteiger partial charge in [-0.3, -0.25) is 4.72 Å². The molecule has 2 aromatic rings. The summed E-state index contributed by atoms with van der Waals surface area (Å²) in [6, 6.07) is 8.90. The quantitative estimate of drug-likeness (QED) is 0.848. The Kier molecular flexibility index (Phi) is 4.02. The van der Waals surface area contributed by atoms with E-state index in [0.29, 0.717) is 0 Å². The monoisotopic (exact) mass is 325 g/mol. The van der Waals surface area contributed by atoms with Gasteiger partial charge < -0.3 is 5.73 Å². The number of nitriles is 1. The van der Waals surface area contributed by atoms with Crippen LogP contribution in [0.3, 0.4) is 0 Å². The van der Waals surface area contributed by atoms with Crippen LogP contribution in [0.2, 0.25) is 5.02 Å². The van der Waals surface area contributed by atoms with Gasteiger partial charge >= 0.3 is 0 Å². The van der Waals surface area contributed by atoms with Gasteiger partial charge in [0, 0.05) is 5.69 Å². The summed E-state index contributed by atoms with van der Waals surface area (Å²) in [6.45, 7) is 0. The molecule has 0 amide bonds. The number of halogens is 2. The van der Waals surface area contributed by atoms with Crippen molar-refractivity contribution in [2.24, 2.45) is 0 Å². The highest BCUT2D eigenvalue weighted by molar-refractivity contribution is 7.92. The van der Waals surface area contributed by atoms with Crippen molar-refractivity contribution >= 4 is 33.0 Å². The zero-order valence-electron chi connectivity index (χ0n) is 10.5. The molecule has 0 saturated heterocycles. The molecule has 2 aromatic carbocycles. The summed E-state index contributed by atoms with van der Waals surface area (Å²) in [5, 5.41) is 8.86. The Morgan fingerprint density at radius 3 is 2.52 bits per heavy atom. The molecular formula is C13H9ClFN3O2S. The van der Waals surface area contributed by atoms with Gasteiger partial charge in [0.1, 0.15) is 11.9 Å². The SMILES string of the molecule is N#Cc1ccc(NS(=O)(=O)c2cc(N)cc(F)c2)cc1Cl. The van der Waals surface area contributed by atoms with Gasteiger partial charge in [-0.2, -0.15) is 5.26 Å². The summed E-state index contributed by atoms with van der Waals surface area (Å²) in [5.74, 6) is -0.756. The summed E-state index contributed by atoms with van der Waals surface area (Å²) < 4.78 is 39.7. The lowest BCUT2D eigenvalue weighted by molar-refractivity contribution is 0.595. The van der Waals surface area contributed by atoms with Crippen molar-refractivity contribution in [1.29, 1.82) is 5.26 Å². The highest BCUT2D eigenvalue weighted by Crippen LogP contribution is 2.23. The first-order valence-corrected chi connectivity index (χ1v) is 7.46. The maximum Gasteiger partial charge on any atom is 0.262 e. The van der Waals surface area contributed by atoms with E-state index in [0.717, 1.165) is 18.2 Å². The summed E-state index contributed by atoms with van der Waals surface area (Å²) in [5.41, 5.74) is 5.79. The van der Waals surface area contributed by atoms with E-state index in [1.807, 2.05) is 6.07 Å². The van der Waals surface area contributed by atoms with Gasteiger partial charge in [0.2, 0.25) is 0 Å². The lowest BCUT2D eigenvalue weighted by Crippen LogP contribution is -2.13. The molecule has 0 unspecified atom stereocenters. The van der Waals surface area contributed by atoms with Gasteiger partial charge in [-0.15, -0.1) is 0 Å². The summed E-state index contributed by atoms with van der Waals surface area (Å²) in [4.78, 5) is -0.305. The van der Waals surface area contributed by atoms with Crippen molar-refractivity contribution in [3.05, 3.63) is 52.8 Å². The number of nitrogens with one attached hydrogen (secondary N) is 1. The van der Waals surface area contributed by atoms with Crippen LogP contribution in [0.1, 0.15) is 5.56 Å². The Hall–Kier alpha value is -2.30. The molecule has 0 aliphatic carbocycles. The zero-order chi connectivity index (χ0) is 15.6. The fraction of sp³-hybridized carbons (Fsp3) is 0. The van der Waals surface area contributed by atoms with Crippen LogP contribution in [0.5, 0.6) is 0 Å². The van der Waals surface area contributed by atoms with E-state index >= 15 is 0 Å². The van der Waals surface area contributed by atoms with Crippen molar-refractivity contribution in [1.82, 2.24) is 0 Å². The lowest BCUT2D eigenvalue weighted by atomic mass is 10.2. The number of nitrogens with two attached hydrogens (primary N) is 1. The van der Waals surface area contributed by atoms with Crippen LogP contribution in [0.25, 0.3) is 0 Å². The van der Waals surface area contributed by atoms with E-state index in [4.69, 9.17) is 22.6 Å². The molecule has 0 bridgehead atoms. The molecule has 0 saturated carbocycles. The zero-order valence-corrected chi connectivity index (χ0v) is 12.0. The third-order valence-electron chi connectivity index (χ3n) is 2.55. The van der Waals surface area contributed by atoms with Crippen LogP contribution in [0, 0.1) is 17.1 Å². The largest absolute Gasteiger partial charge is 0.399 e. The molecule has 0 radical (unpaired) electrons. The molecule has 0 spiro atoms. The van der Waals surface area contributed by atoms with Crippen molar-refractivity contribution in [3.63, 3.8) is 0 Å². The van der Waals surface area contributed by atoms with Crippen molar-refractivity contribution in [2.75, 3.05) is 10.5 Å².